The lowest BCUT2D eigenvalue weighted by atomic mass is 10.1. The fourth-order valence-electron chi connectivity index (χ4n) is 2.16. The van der Waals surface area contributed by atoms with Crippen LogP contribution in [0.15, 0.2) is 12.1 Å². The zero-order valence-corrected chi connectivity index (χ0v) is 11.4. The van der Waals surface area contributed by atoms with Gasteiger partial charge >= 0.3 is 0 Å². The lowest BCUT2D eigenvalue weighted by Gasteiger charge is -2.18. The maximum absolute atomic E-state index is 5.60. The van der Waals surface area contributed by atoms with Crippen molar-refractivity contribution >= 4 is 0 Å². The topological polar surface area (TPSA) is 42.2 Å². The Hall–Kier alpha value is -0.930. The van der Waals surface area contributed by atoms with E-state index in [0.29, 0.717) is 0 Å². The highest BCUT2D eigenvalue weighted by molar-refractivity contribution is 5.23. The highest BCUT2D eigenvalue weighted by Crippen LogP contribution is 2.16. The highest BCUT2D eigenvalue weighted by atomic mass is 15.1. The van der Waals surface area contributed by atoms with Gasteiger partial charge in [-0.2, -0.15) is 0 Å². The van der Waals surface area contributed by atoms with Gasteiger partial charge in [-0.25, -0.2) is 0 Å². The van der Waals surface area contributed by atoms with Gasteiger partial charge in [-0.3, -0.25) is 9.88 Å². The Kier molecular flexibility index (Phi) is 6.16. The van der Waals surface area contributed by atoms with Crippen molar-refractivity contribution in [3.8, 4) is 0 Å². The van der Waals surface area contributed by atoms with E-state index in [1.165, 1.54) is 17.7 Å². The quantitative estimate of drug-likeness (QED) is 0.854. The first-order valence-corrected chi connectivity index (χ1v) is 6.67. The number of fused-ring (bicyclic) bond motifs is 1. The van der Waals surface area contributed by atoms with E-state index in [0.717, 1.165) is 38.3 Å². The number of aromatic nitrogens is 1. The van der Waals surface area contributed by atoms with E-state index in [2.05, 4.69) is 28.9 Å². The molecule has 0 saturated carbocycles. The first kappa shape index (κ1) is 14.1. The first-order valence-electron chi connectivity index (χ1n) is 6.67. The summed E-state index contributed by atoms with van der Waals surface area (Å²) >= 11 is 0. The summed E-state index contributed by atoms with van der Waals surface area (Å²) in [4.78, 5) is 7.03. The number of hydrogen-bond acceptors (Lipinski definition) is 3. The maximum atomic E-state index is 5.60. The number of rotatable bonds is 2. The van der Waals surface area contributed by atoms with Gasteiger partial charge in [0, 0.05) is 31.0 Å². The monoisotopic (exact) mass is 235 g/mol. The molecule has 0 bridgehead atoms. The Labute approximate surface area is 105 Å². The normalized spacial score (nSPS) is 15.5. The molecule has 96 valence electrons. The van der Waals surface area contributed by atoms with Crippen molar-refractivity contribution in [2.45, 2.75) is 40.2 Å². The van der Waals surface area contributed by atoms with Crippen LogP contribution >= 0.6 is 0 Å². The minimum atomic E-state index is 0.745. The molecule has 0 aromatic carbocycles. The molecule has 2 N–H and O–H groups in total. The molecular formula is C14H25N3. The second kappa shape index (κ2) is 7.41. The first-order chi connectivity index (χ1) is 8.29. The van der Waals surface area contributed by atoms with Crippen LogP contribution < -0.4 is 5.73 Å². The van der Waals surface area contributed by atoms with Crippen LogP contribution in [0.4, 0.5) is 0 Å². The highest BCUT2D eigenvalue weighted by Gasteiger charge is 2.14. The van der Waals surface area contributed by atoms with Gasteiger partial charge in [0.1, 0.15) is 0 Å². The van der Waals surface area contributed by atoms with Crippen LogP contribution in [0.1, 0.15) is 37.2 Å². The predicted molar refractivity (Wildman–Crippen MR) is 73.0 cm³/mol. The molecule has 0 saturated heterocycles. The lowest BCUT2D eigenvalue weighted by molar-refractivity contribution is 0.277. The standard InChI is InChI=1S/C12H19N3.C2H6/c1-10-4-5-11-9-15(8-6-13)7-2-3-12(11)14-10;1-2/h4-5H,2-3,6-9,13H2,1H3;1-2H3. The Morgan fingerprint density at radius 2 is 2.12 bits per heavy atom. The SMILES string of the molecule is CC.Cc1ccc2c(n1)CCCN(CCN)C2. The number of hydrogen-bond donors (Lipinski definition) is 1. The number of aryl methyl sites for hydroxylation is 2. The molecular weight excluding hydrogens is 210 g/mol. The molecule has 0 unspecified atom stereocenters. The summed E-state index contributed by atoms with van der Waals surface area (Å²) in [6, 6.07) is 4.32. The second-order valence-corrected chi connectivity index (χ2v) is 4.23. The third-order valence-corrected chi connectivity index (χ3v) is 2.93. The van der Waals surface area contributed by atoms with Crippen molar-refractivity contribution in [2.75, 3.05) is 19.6 Å². The second-order valence-electron chi connectivity index (χ2n) is 4.23. The van der Waals surface area contributed by atoms with Crippen LogP contribution in [-0.4, -0.2) is 29.5 Å². The molecule has 1 aromatic heterocycles. The molecule has 1 aliphatic rings. The van der Waals surface area contributed by atoms with Crippen molar-refractivity contribution in [1.29, 1.82) is 0 Å². The molecule has 0 spiro atoms. The Bertz CT molecular complexity index is 336. The minimum Gasteiger partial charge on any atom is -0.329 e. The van der Waals surface area contributed by atoms with Crippen molar-refractivity contribution in [3.05, 3.63) is 29.1 Å². The van der Waals surface area contributed by atoms with Gasteiger partial charge in [0.25, 0.3) is 0 Å². The van der Waals surface area contributed by atoms with Gasteiger partial charge < -0.3 is 5.73 Å². The van der Waals surface area contributed by atoms with E-state index in [1.54, 1.807) is 0 Å². The van der Waals surface area contributed by atoms with Gasteiger partial charge in [0.2, 0.25) is 0 Å². The molecule has 3 heteroatoms. The smallest absolute Gasteiger partial charge is 0.0452 e. The lowest BCUT2D eigenvalue weighted by Crippen LogP contribution is -2.29. The number of nitrogens with two attached hydrogens (primary N) is 1. The van der Waals surface area contributed by atoms with Gasteiger partial charge in [-0.1, -0.05) is 19.9 Å². The van der Waals surface area contributed by atoms with E-state index in [1.807, 2.05) is 13.8 Å². The Morgan fingerprint density at radius 3 is 2.82 bits per heavy atom. The van der Waals surface area contributed by atoms with Crippen molar-refractivity contribution in [1.82, 2.24) is 9.88 Å². The van der Waals surface area contributed by atoms with Crippen molar-refractivity contribution in [3.63, 3.8) is 0 Å². The number of nitrogens with zero attached hydrogens (tertiary/aromatic N) is 2. The van der Waals surface area contributed by atoms with E-state index in [-0.39, 0.29) is 0 Å². The van der Waals surface area contributed by atoms with Crippen LogP contribution in [0.25, 0.3) is 0 Å². The summed E-state index contributed by atoms with van der Waals surface area (Å²) in [5.74, 6) is 0. The molecule has 2 heterocycles. The molecule has 0 aliphatic carbocycles. The molecule has 2 rings (SSSR count). The molecule has 1 aromatic rings. The molecule has 3 nitrogen and oxygen atoms in total. The summed E-state index contributed by atoms with van der Waals surface area (Å²) in [5, 5.41) is 0. The number of pyridine rings is 1. The van der Waals surface area contributed by atoms with Crippen LogP contribution in [0, 0.1) is 6.92 Å². The molecule has 17 heavy (non-hydrogen) atoms. The van der Waals surface area contributed by atoms with E-state index >= 15 is 0 Å². The molecule has 0 radical (unpaired) electrons. The van der Waals surface area contributed by atoms with Crippen LogP contribution in [-0.2, 0) is 13.0 Å². The third-order valence-electron chi connectivity index (χ3n) is 2.93. The van der Waals surface area contributed by atoms with E-state index < -0.39 is 0 Å². The molecule has 0 amide bonds. The fraction of sp³-hybridized carbons (Fsp3) is 0.643. The summed E-state index contributed by atoms with van der Waals surface area (Å²) < 4.78 is 0. The van der Waals surface area contributed by atoms with Gasteiger partial charge in [0.05, 0.1) is 0 Å². The summed E-state index contributed by atoms with van der Waals surface area (Å²) in [7, 11) is 0. The average Bonchev–Trinajstić information content (AvgIpc) is 2.54. The maximum Gasteiger partial charge on any atom is 0.0452 e. The summed E-state index contributed by atoms with van der Waals surface area (Å²) in [5.41, 5.74) is 9.39. The Balaban J connectivity index is 0.000000686. The van der Waals surface area contributed by atoms with Crippen molar-refractivity contribution in [2.24, 2.45) is 5.73 Å². The van der Waals surface area contributed by atoms with Crippen LogP contribution in [0.5, 0.6) is 0 Å². The molecule has 0 fully saturated rings. The van der Waals surface area contributed by atoms with Crippen LogP contribution in [0.2, 0.25) is 0 Å². The third kappa shape index (κ3) is 4.10. The molecule has 0 atom stereocenters. The summed E-state index contributed by atoms with van der Waals surface area (Å²) in [6.45, 7) is 9.96. The zero-order valence-electron chi connectivity index (χ0n) is 11.4. The van der Waals surface area contributed by atoms with E-state index in [9.17, 15) is 0 Å². The van der Waals surface area contributed by atoms with Crippen molar-refractivity contribution < 1.29 is 0 Å². The van der Waals surface area contributed by atoms with Gasteiger partial charge in [0.15, 0.2) is 0 Å². The average molecular weight is 235 g/mol. The van der Waals surface area contributed by atoms with E-state index in [4.69, 9.17) is 5.73 Å². The van der Waals surface area contributed by atoms with Crippen LogP contribution in [0.3, 0.4) is 0 Å². The molecule has 1 aliphatic heterocycles. The Morgan fingerprint density at radius 1 is 1.35 bits per heavy atom. The van der Waals surface area contributed by atoms with Gasteiger partial charge in [-0.15, -0.1) is 0 Å². The van der Waals surface area contributed by atoms with Gasteiger partial charge in [-0.05, 0) is 37.9 Å². The summed E-state index contributed by atoms with van der Waals surface area (Å²) in [6.07, 6.45) is 2.31. The fourth-order valence-corrected chi connectivity index (χ4v) is 2.16. The zero-order chi connectivity index (χ0) is 12.7. The largest absolute Gasteiger partial charge is 0.329 e. The predicted octanol–water partition coefficient (Wildman–Crippen LogP) is 2.12. The minimum absolute atomic E-state index is 0.745.